The van der Waals surface area contributed by atoms with Crippen molar-refractivity contribution >= 4 is 17.3 Å². The predicted octanol–water partition coefficient (Wildman–Crippen LogP) is 5.04. The Morgan fingerprint density at radius 2 is 1.85 bits per heavy atom. The van der Waals surface area contributed by atoms with Crippen LogP contribution in [0.5, 0.6) is 0 Å². The molecular formula is C23H22F3N3O5. The molecule has 0 aliphatic rings. The van der Waals surface area contributed by atoms with Crippen molar-refractivity contribution in [2.24, 2.45) is 0 Å². The molecule has 0 radical (unpaired) electrons. The smallest absolute Gasteiger partial charge is 0.416 e. The molecule has 0 fully saturated rings. The van der Waals surface area contributed by atoms with Crippen LogP contribution in [0.2, 0.25) is 0 Å². The third-order valence-electron chi connectivity index (χ3n) is 4.76. The number of nitro benzene ring substituents is 1. The van der Waals surface area contributed by atoms with Gasteiger partial charge in [0, 0.05) is 25.6 Å². The van der Waals surface area contributed by atoms with Gasteiger partial charge in [0.15, 0.2) is 0 Å². The first kappa shape index (κ1) is 24.8. The molecule has 0 aliphatic heterocycles. The Labute approximate surface area is 192 Å². The van der Waals surface area contributed by atoms with E-state index in [4.69, 9.17) is 9.15 Å². The molecule has 1 heterocycles. The van der Waals surface area contributed by atoms with Gasteiger partial charge in [0.1, 0.15) is 18.1 Å². The summed E-state index contributed by atoms with van der Waals surface area (Å²) in [6.45, 7) is 1.00. The summed E-state index contributed by atoms with van der Waals surface area (Å²) in [5, 5.41) is 16.5. The van der Waals surface area contributed by atoms with Crippen LogP contribution >= 0.6 is 0 Å². The lowest BCUT2D eigenvalue weighted by molar-refractivity contribution is -0.384. The molecule has 0 saturated carbocycles. The van der Waals surface area contributed by atoms with Crippen molar-refractivity contribution in [1.82, 2.24) is 5.32 Å². The number of carbonyl (C=O) groups excluding carboxylic acids is 1. The fourth-order valence-electron chi connectivity index (χ4n) is 3.10. The second-order valence-electron chi connectivity index (χ2n) is 7.33. The summed E-state index contributed by atoms with van der Waals surface area (Å²) in [6.07, 6.45) is -3.14. The quantitative estimate of drug-likeness (QED) is 0.296. The van der Waals surface area contributed by atoms with Crippen LogP contribution in [0.4, 0.5) is 24.5 Å². The van der Waals surface area contributed by atoms with Crippen molar-refractivity contribution in [3.05, 3.63) is 93.4 Å². The third-order valence-corrected chi connectivity index (χ3v) is 4.76. The number of nitrogens with zero attached hydrogens (tertiary/aromatic N) is 1. The number of benzene rings is 2. The number of hydrogen-bond donors (Lipinski definition) is 2. The summed E-state index contributed by atoms with van der Waals surface area (Å²) >= 11 is 0. The zero-order chi connectivity index (χ0) is 24.6. The van der Waals surface area contributed by atoms with Crippen LogP contribution in [0.3, 0.4) is 0 Å². The normalized spacial score (nSPS) is 11.3. The molecule has 0 saturated heterocycles. The van der Waals surface area contributed by atoms with E-state index in [9.17, 15) is 28.1 Å². The second-order valence-corrected chi connectivity index (χ2v) is 7.33. The van der Waals surface area contributed by atoms with E-state index < -0.39 is 22.4 Å². The maximum absolute atomic E-state index is 12.8. The van der Waals surface area contributed by atoms with Crippen molar-refractivity contribution in [2.45, 2.75) is 32.4 Å². The van der Waals surface area contributed by atoms with Gasteiger partial charge in [-0.1, -0.05) is 24.3 Å². The first-order valence-electron chi connectivity index (χ1n) is 10.3. The third kappa shape index (κ3) is 7.34. The second kappa shape index (κ2) is 11.3. The summed E-state index contributed by atoms with van der Waals surface area (Å²) in [5.41, 5.74) is -0.126. The van der Waals surface area contributed by atoms with Gasteiger partial charge in [-0.2, -0.15) is 13.2 Å². The number of nitrogens with one attached hydrogen (secondary N) is 2. The van der Waals surface area contributed by atoms with Crippen LogP contribution in [0.15, 0.2) is 65.3 Å². The molecular weight excluding hydrogens is 455 g/mol. The van der Waals surface area contributed by atoms with Crippen molar-refractivity contribution in [1.29, 1.82) is 0 Å². The highest BCUT2D eigenvalue weighted by Crippen LogP contribution is 2.34. The van der Waals surface area contributed by atoms with Gasteiger partial charge in [0.2, 0.25) is 5.91 Å². The first-order chi connectivity index (χ1) is 16.2. The highest BCUT2D eigenvalue weighted by molar-refractivity contribution is 5.76. The Balaban J connectivity index is 1.44. The van der Waals surface area contributed by atoms with Crippen molar-refractivity contribution in [2.75, 3.05) is 11.9 Å². The average Bonchev–Trinajstić information content (AvgIpc) is 3.31. The van der Waals surface area contributed by atoms with Crippen LogP contribution < -0.4 is 10.6 Å². The van der Waals surface area contributed by atoms with E-state index in [2.05, 4.69) is 10.6 Å². The minimum Gasteiger partial charge on any atom is -0.467 e. The number of ether oxygens (including phenoxy) is 1. The number of furan rings is 1. The zero-order valence-corrected chi connectivity index (χ0v) is 17.9. The van der Waals surface area contributed by atoms with E-state index in [0.717, 1.165) is 29.0 Å². The van der Waals surface area contributed by atoms with Crippen LogP contribution in [0, 0.1) is 10.1 Å². The molecule has 3 aromatic rings. The van der Waals surface area contributed by atoms with Crippen molar-refractivity contribution < 1.29 is 32.0 Å². The topological polar surface area (TPSA) is 107 Å². The fourth-order valence-corrected chi connectivity index (χ4v) is 3.10. The van der Waals surface area contributed by atoms with E-state index in [0.29, 0.717) is 19.3 Å². The lowest BCUT2D eigenvalue weighted by atomic mass is 10.1. The van der Waals surface area contributed by atoms with E-state index >= 15 is 0 Å². The van der Waals surface area contributed by atoms with Crippen LogP contribution in [-0.4, -0.2) is 17.4 Å². The summed E-state index contributed by atoms with van der Waals surface area (Å²) in [6, 6.07) is 13.3. The molecule has 3 rings (SSSR count). The number of hydrogen-bond acceptors (Lipinski definition) is 6. The van der Waals surface area contributed by atoms with Gasteiger partial charge in [-0.15, -0.1) is 0 Å². The monoisotopic (exact) mass is 477 g/mol. The Morgan fingerprint density at radius 3 is 2.56 bits per heavy atom. The standard InChI is InChI=1S/C23H22F3N3O5/c24-23(25,26)18-6-7-20(21(12-18)29(31)32)27-9-8-22(30)28-13-16-3-1-4-17(11-16)14-33-15-19-5-2-10-34-19/h1-7,10-12,27H,8-9,13-15H2,(H,28,30). The molecule has 2 N–H and O–H groups in total. The Hall–Kier alpha value is -3.86. The van der Waals surface area contributed by atoms with Gasteiger partial charge in [-0.3, -0.25) is 14.9 Å². The number of alkyl halides is 3. The number of halogens is 3. The molecule has 180 valence electrons. The lowest BCUT2D eigenvalue weighted by Crippen LogP contribution is -2.25. The van der Waals surface area contributed by atoms with E-state index in [1.807, 2.05) is 30.3 Å². The summed E-state index contributed by atoms with van der Waals surface area (Å²) in [5.74, 6) is 0.403. The molecule has 0 bridgehead atoms. The molecule has 1 aromatic heterocycles. The molecule has 1 amide bonds. The van der Waals surface area contributed by atoms with E-state index in [1.165, 1.54) is 0 Å². The van der Waals surface area contributed by atoms with Crippen LogP contribution in [0.1, 0.15) is 28.9 Å². The van der Waals surface area contributed by atoms with Crippen LogP contribution in [-0.2, 0) is 35.5 Å². The van der Waals surface area contributed by atoms with E-state index in [-0.39, 0.29) is 31.1 Å². The Morgan fingerprint density at radius 1 is 1.06 bits per heavy atom. The van der Waals surface area contributed by atoms with Gasteiger partial charge in [-0.05, 0) is 35.4 Å². The number of amides is 1. The maximum atomic E-state index is 12.8. The van der Waals surface area contributed by atoms with Crippen molar-refractivity contribution in [3.8, 4) is 0 Å². The largest absolute Gasteiger partial charge is 0.467 e. The maximum Gasteiger partial charge on any atom is 0.416 e. The average molecular weight is 477 g/mol. The fraction of sp³-hybridized carbons (Fsp3) is 0.261. The SMILES string of the molecule is O=C(CCNc1ccc(C(F)(F)F)cc1[N+](=O)[O-])NCc1cccc(COCc2ccco2)c1. The van der Waals surface area contributed by atoms with Crippen molar-refractivity contribution in [3.63, 3.8) is 0 Å². The summed E-state index contributed by atoms with van der Waals surface area (Å²) < 4.78 is 49.1. The molecule has 0 aliphatic carbocycles. The van der Waals surface area contributed by atoms with Gasteiger partial charge in [-0.25, -0.2) is 0 Å². The van der Waals surface area contributed by atoms with Crippen LogP contribution in [0.25, 0.3) is 0 Å². The van der Waals surface area contributed by atoms with Gasteiger partial charge in [0.25, 0.3) is 5.69 Å². The highest BCUT2D eigenvalue weighted by atomic mass is 19.4. The lowest BCUT2D eigenvalue weighted by Gasteiger charge is -2.11. The van der Waals surface area contributed by atoms with Gasteiger partial charge in [0.05, 0.1) is 23.4 Å². The van der Waals surface area contributed by atoms with Gasteiger partial charge < -0.3 is 19.8 Å². The highest BCUT2D eigenvalue weighted by Gasteiger charge is 2.33. The number of rotatable bonds is 11. The Bertz CT molecular complexity index is 1120. The number of carbonyl (C=O) groups is 1. The first-order valence-corrected chi connectivity index (χ1v) is 10.3. The van der Waals surface area contributed by atoms with Gasteiger partial charge >= 0.3 is 6.18 Å². The van der Waals surface area contributed by atoms with E-state index in [1.54, 1.807) is 12.3 Å². The molecule has 11 heteroatoms. The minimum atomic E-state index is -4.69. The zero-order valence-electron chi connectivity index (χ0n) is 17.9. The molecule has 34 heavy (non-hydrogen) atoms. The Kier molecular flexibility index (Phi) is 8.25. The minimum absolute atomic E-state index is 0.0126. The summed E-state index contributed by atoms with van der Waals surface area (Å²) in [7, 11) is 0. The predicted molar refractivity (Wildman–Crippen MR) is 117 cm³/mol. The molecule has 0 spiro atoms. The molecule has 8 nitrogen and oxygen atoms in total. The number of anilines is 1. The molecule has 0 unspecified atom stereocenters. The number of nitro groups is 1. The molecule has 2 aromatic carbocycles. The summed E-state index contributed by atoms with van der Waals surface area (Å²) in [4.78, 5) is 22.3. The molecule has 0 atom stereocenters.